The summed E-state index contributed by atoms with van der Waals surface area (Å²) < 4.78 is 12.8. The Hall–Kier alpha value is -1.63. The molecule has 0 radical (unpaired) electrons. The fourth-order valence-electron chi connectivity index (χ4n) is 2.50. The van der Waals surface area contributed by atoms with Crippen LogP contribution in [0.2, 0.25) is 25.1 Å². The summed E-state index contributed by atoms with van der Waals surface area (Å²) in [6.45, 7) is 1.83. The molecule has 3 aromatic rings. The van der Waals surface area contributed by atoms with Gasteiger partial charge in [0.05, 0.1) is 20.8 Å². The molecule has 2 aromatic heterocycles. The zero-order chi connectivity index (χ0) is 21.3. The van der Waals surface area contributed by atoms with Crippen LogP contribution in [-0.2, 0) is 13.7 Å². The average Bonchev–Trinajstić information content (AvgIpc) is 3.28. The van der Waals surface area contributed by atoms with Gasteiger partial charge in [-0.2, -0.15) is 5.10 Å². The molecule has 5 nitrogen and oxygen atoms in total. The van der Waals surface area contributed by atoms with Crippen molar-refractivity contribution >= 4 is 69.9 Å². The fraction of sp³-hybridized carbons (Fsp3) is 0.158. The molecule has 2 heterocycles. The maximum atomic E-state index is 12.3. The third kappa shape index (κ3) is 4.76. The second kappa shape index (κ2) is 9.02. The second-order valence-electron chi connectivity index (χ2n) is 5.98. The summed E-state index contributed by atoms with van der Waals surface area (Å²) in [4.78, 5) is 12.3. The predicted octanol–water partition coefficient (Wildman–Crippen LogP) is 7.06. The molecule has 3 rings (SSSR count). The second-order valence-corrected chi connectivity index (χ2v) is 7.87. The Kier molecular flexibility index (Phi) is 6.87. The third-order valence-electron chi connectivity index (χ3n) is 3.86. The van der Waals surface area contributed by atoms with Crippen molar-refractivity contribution in [2.75, 3.05) is 0 Å². The first-order chi connectivity index (χ1) is 13.7. The SMILES string of the molecule is Cc1cc(C(=O)/C=C/c2ccc(COc3c(Cl)c(Cl)c(Cl)c(Cl)c3Cl)o2)n(C)n1. The molecule has 0 bridgehead atoms. The number of hydrogen-bond donors (Lipinski definition) is 0. The van der Waals surface area contributed by atoms with Crippen LogP contribution in [0.15, 0.2) is 28.7 Å². The van der Waals surface area contributed by atoms with Gasteiger partial charge >= 0.3 is 0 Å². The van der Waals surface area contributed by atoms with Crippen LogP contribution in [0.5, 0.6) is 5.75 Å². The van der Waals surface area contributed by atoms with Gasteiger partial charge in [0.2, 0.25) is 5.78 Å². The molecule has 152 valence electrons. The molecule has 0 atom stereocenters. The quantitative estimate of drug-likeness (QED) is 0.159. The number of rotatable bonds is 6. The van der Waals surface area contributed by atoms with Crippen LogP contribution < -0.4 is 4.74 Å². The largest absolute Gasteiger partial charge is 0.482 e. The van der Waals surface area contributed by atoms with E-state index in [0.717, 1.165) is 5.69 Å². The number of hydrogen-bond acceptors (Lipinski definition) is 4. The van der Waals surface area contributed by atoms with Gasteiger partial charge in [-0.05, 0) is 37.3 Å². The molecule has 0 spiro atoms. The third-order valence-corrected chi connectivity index (χ3v) is 6.11. The summed E-state index contributed by atoms with van der Waals surface area (Å²) in [7, 11) is 1.71. The molecule has 0 aliphatic carbocycles. The van der Waals surface area contributed by atoms with Gasteiger partial charge in [0.15, 0.2) is 5.75 Å². The lowest BCUT2D eigenvalue weighted by atomic mass is 10.2. The van der Waals surface area contributed by atoms with Crippen molar-refractivity contribution in [1.82, 2.24) is 9.78 Å². The maximum Gasteiger partial charge on any atom is 0.203 e. The Morgan fingerprint density at radius 1 is 1.10 bits per heavy atom. The standard InChI is InChI=1S/C19H13Cl5N2O3/c1-9-7-12(26(2)25-9)13(27)6-5-10-3-4-11(29-10)8-28-19-17(23)15(21)14(20)16(22)18(19)24/h3-7H,8H2,1-2H3/b6-5+. The van der Waals surface area contributed by atoms with E-state index in [1.165, 1.54) is 10.8 Å². The highest BCUT2D eigenvalue weighted by molar-refractivity contribution is 6.55. The lowest BCUT2D eigenvalue weighted by Crippen LogP contribution is -2.03. The van der Waals surface area contributed by atoms with Crippen LogP contribution >= 0.6 is 58.0 Å². The maximum absolute atomic E-state index is 12.3. The minimum Gasteiger partial charge on any atom is -0.482 e. The van der Waals surface area contributed by atoms with Crippen LogP contribution in [0.25, 0.3) is 6.08 Å². The van der Waals surface area contributed by atoms with Crippen LogP contribution in [-0.4, -0.2) is 15.6 Å². The van der Waals surface area contributed by atoms with Crippen molar-refractivity contribution in [3.8, 4) is 5.75 Å². The van der Waals surface area contributed by atoms with Crippen LogP contribution in [0, 0.1) is 6.92 Å². The Morgan fingerprint density at radius 2 is 1.72 bits per heavy atom. The number of nitrogens with zero attached hydrogens (tertiary/aromatic N) is 2. The molecule has 0 fully saturated rings. The van der Waals surface area contributed by atoms with Gasteiger partial charge in [-0.15, -0.1) is 0 Å². The number of ether oxygens (including phenoxy) is 1. The number of allylic oxidation sites excluding steroid dienone is 1. The van der Waals surface area contributed by atoms with E-state index in [1.54, 1.807) is 31.3 Å². The fourth-order valence-corrected chi connectivity index (χ4v) is 3.73. The molecule has 29 heavy (non-hydrogen) atoms. The summed E-state index contributed by atoms with van der Waals surface area (Å²) in [5.74, 6) is 0.859. The minimum absolute atomic E-state index is 0.0104. The van der Waals surface area contributed by atoms with E-state index in [2.05, 4.69) is 5.10 Å². The van der Waals surface area contributed by atoms with E-state index >= 15 is 0 Å². The minimum atomic E-state index is -0.189. The van der Waals surface area contributed by atoms with Gasteiger partial charge in [0.25, 0.3) is 0 Å². The normalized spacial score (nSPS) is 11.4. The van der Waals surface area contributed by atoms with E-state index in [4.69, 9.17) is 67.2 Å². The number of carbonyl (C=O) groups excluding carboxylic acids is 1. The number of aromatic nitrogens is 2. The van der Waals surface area contributed by atoms with Crippen molar-refractivity contribution in [1.29, 1.82) is 0 Å². The van der Waals surface area contributed by atoms with Crippen molar-refractivity contribution in [3.63, 3.8) is 0 Å². The van der Waals surface area contributed by atoms with E-state index in [9.17, 15) is 4.79 Å². The highest BCUT2D eigenvalue weighted by atomic mass is 35.5. The predicted molar refractivity (Wildman–Crippen MR) is 116 cm³/mol. The molecule has 0 N–H and O–H groups in total. The number of carbonyl (C=O) groups is 1. The zero-order valence-corrected chi connectivity index (χ0v) is 18.9. The lowest BCUT2D eigenvalue weighted by Gasteiger charge is -2.12. The number of furan rings is 1. The molecular formula is C19H13Cl5N2O3. The molecule has 1 aromatic carbocycles. The van der Waals surface area contributed by atoms with Gasteiger partial charge in [0, 0.05) is 7.05 Å². The van der Waals surface area contributed by atoms with Crippen molar-refractivity contribution in [2.45, 2.75) is 13.5 Å². The number of aryl methyl sites for hydroxylation is 2. The Labute approximate surface area is 191 Å². The summed E-state index contributed by atoms with van der Waals surface area (Å²) in [6, 6.07) is 5.10. The molecule has 0 saturated carbocycles. The average molecular weight is 495 g/mol. The first-order valence-electron chi connectivity index (χ1n) is 8.15. The summed E-state index contributed by atoms with van der Waals surface area (Å²) in [5.41, 5.74) is 1.25. The highest BCUT2D eigenvalue weighted by Gasteiger charge is 2.21. The van der Waals surface area contributed by atoms with Crippen LogP contribution in [0.3, 0.4) is 0 Å². The molecule has 10 heteroatoms. The van der Waals surface area contributed by atoms with Gasteiger partial charge in [-0.1, -0.05) is 58.0 Å². The van der Waals surface area contributed by atoms with Gasteiger partial charge in [-0.3, -0.25) is 9.48 Å². The molecule has 0 unspecified atom stereocenters. The van der Waals surface area contributed by atoms with Gasteiger partial charge in [0.1, 0.15) is 33.9 Å². The Balaban J connectivity index is 1.70. The zero-order valence-electron chi connectivity index (χ0n) is 15.1. The van der Waals surface area contributed by atoms with Gasteiger partial charge in [-0.25, -0.2) is 0 Å². The lowest BCUT2D eigenvalue weighted by molar-refractivity contribution is 0.103. The molecule has 0 aliphatic heterocycles. The van der Waals surface area contributed by atoms with E-state index in [0.29, 0.717) is 17.2 Å². The van der Waals surface area contributed by atoms with E-state index < -0.39 is 0 Å². The Bertz CT molecular complexity index is 1090. The molecule has 0 amide bonds. The summed E-state index contributed by atoms with van der Waals surface area (Å²) >= 11 is 30.3. The smallest absolute Gasteiger partial charge is 0.203 e. The van der Waals surface area contributed by atoms with E-state index in [1.807, 2.05) is 6.92 Å². The number of benzene rings is 1. The monoisotopic (exact) mass is 492 g/mol. The van der Waals surface area contributed by atoms with Crippen molar-refractivity contribution in [3.05, 3.63) is 72.3 Å². The molecule has 0 saturated heterocycles. The first kappa shape index (κ1) is 22.1. The highest BCUT2D eigenvalue weighted by Crippen LogP contribution is 2.48. The van der Waals surface area contributed by atoms with Crippen LogP contribution in [0.4, 0.5) is 0 Å². The topological polar surface area (TPSA) is 57.3 Å². The number of halogens is 5. The molecule has 0 aliphatic rings. The van der Waals surface area contributed by atoms with Crippen molar-refractivity contribution in [2.24, 2.45) is 7.05 Å². The van der Waals surface area contributed by atoms with Crippen molar-refractivity contribution < 1.29 is 13.9 Å². The van der Waals surface area contributed by atoms with Gasteiger partial charge < -0.3 is 9.15 Å². The Morgan fingerprint density at radius 3 is 2.31 bits per heavy atom. The summed E-state index contributed by atoms with van der Waals surface area (Å²) in [5, 5.41) is 4.39. The summed E-state index contributed by atoms with van der Waals surface area (Å²) in [6.07, 6.45) is 2.97. The van der Waals surface area contributed by atoms with Crippen LogP contribution in [0.1, 0.15) is 27.7 Å². The number of ketones is 1. The first-order valence-corrected chi connectivity index (χ1v) is 10.0. The molecular weight excluding hydrogens is 481 g/mol. The van der Waals surface area contributed by atoms with E-state index in [-0.39, 0.29) is 43.3 Å².